The van der Waals surface area contributed by atoms with Crippen LogP contribution in [0.25, 0.3) is 11.4 Å². The van der Waals surface area contributed by atoms with Crippen LogP contribution in [0.5, 0.6) is 0 Å². The second-order valence-corrected chi connectivity index (χ2v) is 6.32. The van der Waals surface area contributed by atoms with Gasteiger partial charge in [0.25, 0.3) is 0 Å². The molecule has 18 heavy (non-hydrogen) atoms. The van der Waals surface area contributed by atoms with Crippen molar-refractivity contribution in [1.82, 2.24) is 20.2 Å². The van der Waals surface area contributed by atoms with Crippen LogP contribution < -0.4 is 0 Å². The molecule has 0 fully saturated rings. The lowest BCUT2D eigenvalue weighted by Crippen LogP contribution is -2.14. The largest absolute Gasteiger partial charge is 0.481 e. The first-order valence-electron chi connectivity index (χ1n) is 5.28. The highest BCUT2D eigenvalue weighted by Crippen LogP contribution is 2.27. The van der Waals surface area contributed by atoms with Gasteiger partial charge in [-0.15, -0.1) is 16.4 Å². The minimum absolute atomic E-state index is 0.0215. The predicted octanol–water partition coefficient (Wildman–Crippen LogP) is 2.27. The number of thiophene rings is 1. The molecule has 2 aromatic heterocycles. The number of aliphatic carboxylic acids is 1. The molecule has 1 N–H and O–H groups in total. The molecular weight excluding hydrogens is 320 g/mol. The molecule has 6 nitrogen and oxygen atoms in total. The maximum Gasteiger partial charge on any atom is 0.303 e. The van der Waals surface area contributed by atoms with Crippen LogP contribution in [-0.2, 0) is 11.3 Å². The number of hydrogen-bond donors (Lipinski definition) is 1. The van der Waals surface area contributed by atoms with Gasteiger partial charge in [-0.2, -0.15) is 0 Å². The number of nitrogens with zero attached hydrogens (tertiary/aromatic N) is 4. The van der Waals surface area contributed by atoms with Gasteiger partial charge in [-0.25, -0.2) is 4.68 Å². The van der Waals surface area contributed by atoms with E-state index < -0.39 is 5.97 Å². The van der Waals surface area contributed by atoms with Crippen LogP contribution >= 0.6 is 27.3 Å². The van der Waals surface area contributed by atoms with Gasteiger partial charge in [-0.3, -0.25) is 4.79 Å². The van der Waals surface area contributed by atoms with E-state index in [0.29, 0.717) is 12.4 Å². The Morgan fingerprint density at radius 2 is 2.44 bits per heavy atom. The van der Waals surface area contributed by atoms with Gasteiger partial charge in [-0.05, 0) is 38.3 Å². The summed E-state index contributed by atoms with van der Waals surface area (Å²) in [5.74, 6) is -0.170. The average molecular weight is 331 g/mol. The molecule has 0 aliphatic carbocycles. The molecular formula is C10H11BrN4O2S. The Hall–Kier alpha value is -1.28. The van der Waals surface area contributed by atoms with Crippen LogP contribution in [0.2, 0.25) is 0 Å². The van der Waals surface area contributed by atoms with Crippen LogP contribution in [0, 0.1) is 5.92 Å². The number of carboxylic acid groups (broad SMARTS) is 1. The molecule has 0 bridgehead atoms. The fourth-order valence-electron chi connectivity index (χ4n) is 1.62. The molecule has 2 rings (SSSR count). The van der Waals surface area contributed by atoms with Gasteiger partial charge in [-0.1, -0.05) is 6.92 Å². The molecule has 0 aliphatic rings. The Kier molecular flexibility index (Phi) is 4.07. The van der Waals surface area contributed by atoms with Crippen LogP contribution in [0.4, 0.5) is 0 Å². The van der Waals surface area contributed by atoms with E-state index in [1.165, 1.54) is 0 Å². The number of rotatable bonds is 5. The van der Waals surface area contributed by atoms with E-state index in [-0.39, 0.29) is 12.3 Å². The highest BCUT2D eigenvalue weighted by molar-refractivity contribution is 9.11. The number of halogens is 1. The van der Waals surface area contributed by atoms with Gasteiger partial charge in [0, 0.05) is 23.9 Å². The molecule has 0 radical (unpaired) electrons. The van der Waals surface area contributed by atoms with E-state index in [9.17, 15) is 4.79 Å². The van der Waals surface area contributed by atoms with Crippen molar-refractivity contribution < 1.29 is 9.90 Å². The summed E-state index contributed by atoms with van der Waals surface area (Å²) >= 11 is 4.94. The van der Waals surface area contributed by atoms with E-state index in [4.69, 9.17) is 5.11 Å². The summed E-state index contributed by atoms with van der Waals surface area (Å²) in [6, 6.07) is 1.94. The Bertz CT molecular complexity index is 554. The first kappa shape index (κ1) is 13.2. The van der Waals surface area contributed by atoms with Gasteiger partial charge in [0.1, 0.15) is 0 Å². The summed E-state index contributed by atoms with van der Waals surface area (Å²) in [4.78, 5) is 10.6. The fourth-order valence-corrected chi connectivity index (χ4v) is 2.75. The quantitative estimate of drug-likeness (QED) is 0.909. The molecule has 0 amide bonds. The Balaban J connectivity index is 2.15. The zero-order chi connectivity index (χ0) is 13.1. The van der Waals surface area contributed by atoms with Crippen molar-refractivity contribution in [3.05, 3.63) is 15.2 Å². The molecule has 1 atom stereocenters. The highest BCUT2D eigenvalue weighted by atomic mass is 79.9. The first-order chi connectivity index (χ1) is 8.56. The number of tetrazole rings is 1. The number of carbonyl (C=O) groups is 1. The number of hydrogen-bond acceptors (Lipinski definition) is 5. The molecule has 8 heteroatoms. The summed E-state index contributed by atoms with van der Waals surface area (Å²) in [7, 11) is 0. The zero-order valence-corrected chi connectivity index (χ0v) is 12.0. The lowest BCUT2D eigenvalue weighted by atomic mass is 10.1. The van der Waals surface area contributed by atoms with E-state index in [0.717, 1.165) is 9.35 Å². The maximum absolute atomic E-state index is 10.6. The molecule has 0 aliphatic heterocycles. The molecule has 2 aromatic rings. The second-order valence-electron chi connectivity index (χ2n) is 4.03. The van der Waals surface area contributed by atoms with Crippen molar-refractivity contribution in [3.63, 3.8) is 0 Å². The van der Waals surface area contributed by atoms with Crippen molar-refractivity contribution in [3.8, 4) is 11.4 Å². The zero-order valence-electron chi connectivity index (χ0n) is 9.58. The standard InChI is InChI=1S/C10H11BrN4O2S/c1-6(2-9(16)17)4-15-10(12-13-14-15)7-3-8(11)18-5-7/h3,5-6H,2,4H2,1H3,(H,16,17). The maximum atomic E-state index is 10.6. The normalized spacial score (nSPS) is 12.6. The SMILES string of the molecule is CC(CC(=O)O)Cn1nnnc1-c1csc(Br)c1. The van der Waals surface area contributed by atoms with E-state index >= 15 is 0 Å². The first-order valence-corrected chi connectivity index (χ1v) is 6.96. The molecule has 96 valence electrons. The summed E-state index contributed by atoms with van der Waals surface area (Å²) < 4.78 is 2.65. The molecule has 0 spiro atoms. The third kappa shape index (κ3) is 3.14. The Labute approximate surface area is 116 Å². The molecule has 2 heterocycles. The van der Waals surface area contributed by atoms with Crippen LogP contribution in [0.3, 0.4) is 0 Å². The van der Waals surface area contributed by atoms with E-state index in [1.807, 2.05) is 18.4 Å². The van der Waals surface area contributed by atoms with Crippen molar-refractivity contribution >= 4 is 33.2 Å². The third-order valence-electron chi connectivity index (χ3n) is 2.37. The van der Waals surface area contributed by atoms with Gasteiger partial charge < -0.3 is 5.11 Å². The van der Waals surface area contributed by atoms with Crippen LogP contribution in [0.1, 0.15) is 13.3 Å². The van der Waals surface area contributed by atoms with Crippen molar-refractivity contribution in [2.75, 3.05) is 0 Å². The van der Waals surface area contributed by atoms with Crippen molar-refractivity contribution in [1.29, 1.82) is 0 Å². The van der Waals surface area contributed by atoms with Crippen molar-refractivity contribution in [2.45, 2.75) is 19.9 Å². The number of carboxylic acids is 1. The highest BCUT2D eigenvalue weighted by Gasteiger charge is 2.15. The molecule has 1 unspecified atom stereocenters. The van der Waals surface area contributed by atoms with Gasteiger partial charge >= 0.3 is 5.97 Å². The van der Waals surface area contributed by atoms with Gasteiger partial charge in [0.05, 0.1) is 3.79 Å². The topological polar surface area (TPSA) is 80.9 Å². The minimum atomic E-state index is -0.810. The predicted molar refractivity (Wildman–Crippen MR) is 70.2 cm³/mol. The fraction of sp³-hybridized carbons (Fsp3) is 0.400. The monoisotopic (exact) mass is 330 g/mol. The van der Waals surface area contributed by atoms with Gasteiger partial charge in [0.2, 0.25) is 0 Å². The summed E-state index contributed by atoms with van der Waals surface area (Å²) in [6.07, 6.45) is 0.104. The summed E-state index contributed by atoms with van der Waals surface area (Å²) in [5, 5.41) is 22.2. The molecule has 0 aromatic carbocycles. The lowest BCUT2D eigenvalue weighted by Gasteiger charge is -2.09. The number of aromatic nitrogens is 4. The summed E-state index contributed by atoms with van der Waals surface area (Å²) in [6.45, 7) is 2.35. The summed E-state index contributed by atoms with van der Waals surface area (Å²) in [5.41, 5.74) is 0.930. The van der Waals surface area contributed by atoms with Crippen molar-refractivity contribution in [2.24, 2.45) is 5.92 Å². The Morgan fingerprint density at radius 3 is 3.06 bits per heavy atom. The Morgan fingerprint density at radius 1 is 1.67 bits per heavy atom. The van der Waals surface area contributed by atoms with Gasteiger partial charge in [0.15, 0.2) is 5.82 Å². The lowest BCUT2D eigenvalue weighted by molar-refractivity contribution is -0.138. The second kappa shape index (κ2) is 5.57. The third-order valence-corrected chi connectivity index (χ3v) is 3.87. The minimum Gasteiger partial charge on any atom is -0.481 e. The van der Waals surface area contributed by atoms with Crippen LogP contribution in [0.15, 0.2) is 15.2 Å². The average Bonchev–Trinajstić information content (AvgIpc) is 2.85. The molecule has 0 saturated carbocycles. The van der Waals surface area contributed by atoms with Crippen LogP contribution in [-0.4, -0.2) is 31.3 Å². The molecule has 0 saturated heterocycles. The van der Waals surface area contributed by atoms with E-state index in [1.54, 1.807) is 16.0 Å². The van der Waals surface area contributed by atoms with E-state index in [2.05, 4.69) is 31.5 Å². The smallest absolute Gasteiger partial charge is 0.303 e.